The van der Waals surface area contributed by atoms with E-state index in [1.165, 1.54) is 12.3 Å². The number of aromatic hydroxyl groups is 1. The van der Waals surface area contributed by atoms with Gasteiger partial charge in [0.05, 0.1) is 17.6 Å². The number of rotatable bonds is 6. The van der Waals surface area contributed by atoms with Crippen LogP contribution in [0.5, 0.6) is 11.5 Å². The summed E-state index contributed by atoms with van der Waals surface area (Å²) in [6.07, 6.45) is -3.34. The van der Waals surface area contributed by atoms with Gasteiger partial charge in [-0.2, -0.15) is 0 Å². The number of anilines is 1. The van der Waals surface area contributed by atoms with Crippen molar-refractivity contribution in [1.29, 1.82) is 0 Å². The smallest absolute Gasteiger partial charge is 0.504 e. The van der Waals surface area contributed by atoms with Crippen molar-refractivity contribution in [3.05, 3.63) is 77.4 Å². The lowest BCUT2D eigenvalue weighted by Crippen LogP contribution is -2.18. The SMILES string of the molecule is Nc1cc(C(=O)C[C@@H](c2ccc(OC(F)(F)F)c(F)c2)c2ncccc2F)ncc1O. The number of Topliss-reactive ketones (excluding diaryl/α,β-unsaturated/α-hetero) is 1. The van der Waals surface area contributed by atoms with E-state index >= 15 is 0 Å². The Morgan fingerprint density at radius 2 is 1.87 bits per heavy atom. The van der Waals surface area contributed by atoms with Gasteiger partial charge in [0.1, 0.15) is 11.5 Å². The molecule has 2 aromatic heterocycles. The van der Waals surface area contributed by atoms with Gasteiger partial charge in [-0.25, -0.2) is 13.8 Å². The molecule has 31 heavy (non-hydrogen) atoms. The van der Waals surface area contributed by atoms with E-state index in [4.69, 9.17) is 5.73 Å². The van der Waals surface area contributed by atoms with Crippen LogP contribution in [0, 0.1) is 11.6 Å². The second-order valence-electron chi connectivity index (χ2n) is 6.42. The van der Waals surface area contributed by atoms with Gasteiger partial charge in [0.25, 0.3) is 0 Å². The van der Waals surface area contributed by atoms with Gasteiger partial charge in [0.2, 0.25) is 0 Å². The first-order chi connectivity index (χ1) is 14.5. The van der Waals surface area contributed by atoms with Crippen LogP contribution in [0.3, 0.4) is 0 Å². The maximum Gasteiger partial charge on any atom is 0.573 e. The summed E-state index contributed by atoms with van der Waals surface area (Å²) in [5.74, 6) is -5.36. The van der Waals surface area contributed by atoms with Gasteiger partial charge in [-0.15, -0.1) is 13.2 Å². The number of nitrogens with two attached hydrogens (primary N) is 1. The Morgan fingerprint density at radius 1 is 1.13 bits per heavy atom. The van der Waals surface area contributed by atoms with Crippen molar-refractivity contribution < 1.29 is 36.6 Å². The zero-order chi connectivity index (χ0) is 22.8. The number of ether oxygens (including phenoxy) is 1. The first-order valence-corrected chi connectivity index (χ1v) is 8.68. The lowest BCUT2D eigenvalue weighted by molar-refractivity contribution is -0.275. The van der Waals surface area contributed by atoms with Gasteiger partial charge in [0, 0.05) is 18.5 Å². The van der Waals surface area contributed by atoms with E-state index in [2.05, 4.69) is 14.7 Å². The van der Waals surface area contributed by atoms with Crippen LogP contribution in [0.2, 0.25) is 0 Å². The molecule has 0 bridgehead atoms. The average Bonchev–Trinajstić information content (AvgIpc) is 2.69. The van der Waals surface area contributed by atoms with Crippen LogP contribution >= 0.6 is 0 Å². The molecule has 1 atom stereocenters. The van der Waals surface area contributed by atoms with Crippen molar-refractivity contribution in [3.63, 3.8) is 0 Å². The van der Waals surface area contributed by atoms with Gasteiger partial charge >= 0.3 is 6.36 Å². The molecule has 0 spiro atoms. The third-order valence-corrected chi connectivity index (χ3v) is 4.29. The molecule has 6 nitrogen and oxygen atoms in total. The number of carbonyl (C=O) groups is 1. The number of benzene rings is 1. The van der Waals surface area contributed by atoms with Crippen LogP contribution in [0.15, 0.2) is 48.8 Å². The summed E-state index contributed by atoms with van der Waals surface area (Å²) < 4.78 is 69.4. The average molecular weight is 439 g/mol. The van der Waals surface area contributed by atoms with E-state index in [0.29, 0.717) is 6.07 Å². The molecule has 3 N–H and O–H groups in total. The Balaban J connectivity index is 1.99. The van der Waals surface area contributed by atoms with Crippen LogP contribution in [0.1, 0.15) is 34.1 Å². The standard InChI is InChI=1S/C20H14F5N3O3/c21-12-2-1-5-27-19(12)11(7-16(29)15-8-14(26)17(30)9-28-15)10-3-4-18(13(22)6-10)31-20(23,24)25/h1-6,8-9,11,30H,7H2,(H2,26,28)/t11-/m0/s1. The van der Waals surface area contributed by atoms with E-state index < -0.39 is 41.9 Å². The van der Waals surface area contributed by atoms with E-state index in [1.54, 1.807) is 0 Å². The minimum absolute atomic E-state index is 0.00951. The monoisotopic (exact) mass is 439 g/mol. The van der Waals surface area contributed by atoms with E-state index in [0.717, 1.165) is 30.5 Å². The molecule has 0 fully saturated rings. The molecule has 0 unspecified atom stereocenters. The van der Waals surface area contributed by atoms with Crippen LogP contribution in [0.4, 0.5) is 27.6 Å². The maximum absolute atomic E-state index is 14.4. The number of halogens is 5. The highest BCUT2D eigenvalue weighted by atomic mass is 19.4. The molecule has 3 aromatic rings. The quantitative estimate of drug-likeness (QED) is 0.438. The topological polar surface area (TPSA) is 98.3 Å². The molecule has 0 saturated heterocycles. The highest BCUT2D eigenvalue weighted by Crippen LogP contribution is 2.34. The van der Waals surface area contributed by atoms with Gasteiger partial charge in [0.15, 0.2) is 23.1 Å². The van der Waals surface area contributed by atoms with Crippen molar-refractivity contribution in [3.8, 4) is 11.5 Å². The van der Waals surface area contributed by atoms with Crippen molar-refractivity contribution >= 4 is 11.5 Å². The highest BCUT2D eigenvalue weighted by Gasteiger charge is 2.33. The molecule has 2 heterocycles. The van der Waals surface area contributed by atoms with Crippen molar-refractivity contribution in [2.75, 3.05) is 5.73 Å². The first kappa shape index (κ1) is 21.9. The summed E-state index contributed by atoms with van der Waals surface area (Å²) in [6, 6.07) is 6.02. The largest absolute Gasteiger partial charge is 0.573 e. The van der Waals surface area contributed by atoms with Gasteiger partial charge < -0.3 is 15.6 Å². The van der Waals surface area contributed by atoms with Crippen LogP contribution in [-0.2, 0) is 0 Å². The van der Waals surface area contributed by atoms with E-state index in [-0.39, 0.29) is 28.4 Å². The second kappa shape index (κ2) is 8.54. The molecule has 3 rings (SSSR count). The van der Waals surface area contributed by atoms with Gasteiger partial charge in [-0.3, -0.25) is 9.78 Å². The third-order valence-electron chi connectivity index (χ3n) is 4.29. The first-order valence-electron chi connectivity index (χ1n) is 8.68. The van der Waals surface area contributed by atoms with Crippen LogP contribution < -0.4 is 10.5 Å². The predicted octanol–water partition coefficient (Wildman–Crippen LogP) is 4.35. The number of nitrogens with zero attached hydrogens (tertiary/aromatic N) is 2. The Labute approximate surface area is 172 Å². The number of aromatic nitrogens is 2. The Morgan fingerprint density at radius 3 is 2.48 bits per heavy atom. The molecule has 0 radical (unpaired) electrons. The zero-order valence-corrected chi connectivity index (χ0v) is 15.5. The number of alkyl halides is 3. The predicted molar refractivity (Wildman–Crippen MR) is 98.4 cm³/mol. The molecule has 0 amide bonds. The highest BCUT2D eigenvalue weighted by molar-refractivity contribution is 5.96. The van der Waals surface area contributed by atoms with Crippen LogP contribution in [-0.4, -0.2) is 27.2 Å². The normalized spacial score (nSPS) is 12.4. The number of carbonyl (C=O) groups excluding carboxylic acids is 1. The van der Waals surface area contributed by atoms with Crippen molar-refractivity contribution in [2.45, 2.75) is 18.7 Å². The van der Waals surface area contributed by atoms with Crippen molar-refractivity contribution in [1.82, 2.24) is 9.97 Å². The Kier molecular flexibility index (Phi) is 6.04. The Bertz CT molecular complexity index is 1120. The van der Waals surface area contributed by atoms with E-state index in [9.17, 15) is 31.9 Å². The minimum Gasteiger partial charge on any atom is -0.504 e. The van der Waals surface area contributed by atoms with E-state index in [1.807, 2.05) is 0 Å². The summed E-state index contributed by atoms with van der Waals surface area (Å²) in [4.78, 5) is 20.4. The summed E-state index contributed by atoms with van der Waals surface area (Å²) >= 11 is 0. The fourth-order valence-electron chi connectivity index (χ4n) is 2.87. The molecule has 0 aliphatic carbocycles. The number of hydrogen-bond donors (Lipinski definition) is 2. The summed E-state index contributed by atoms with van der Waals surface area (Å²) in [5.41, 5.74) is 5.07. The fourth-order valence-corrected chi connectivity index (χ4v) is 2.87. The van der Waals surface area contributed by atoms with Gasteiger partial charge in [-0.1, -0.05) is 6.07 Å². The molecule has 0 saturated carbocycles. The molecular weight excluding hydrogens is 425 g/mol. The number of hydrogen-bond acceptors (Lipinski definition) is 6. The number of ketones is 1. The summed E-state index contributed by atoms with van der Waals surface area (Å²) in [7, 11) is 0. The lowest BCUT2D eigenvalue weighted by Gasteiger charge is -2.18. The molecule has 11 heteroatoms. The molecule has 1 aromatic carbocycles. The van der Waals surface area contributed by atoms with Crippen molar-refractivity contribution in [2.24, 2.45) is 0 Å². The molecule has 162 valence electrons. The number of nitrogen functional groups attached to an aromatic ring is 1. The molecule has 0 aliphatic rings. The maximum atomic E-state index is 14.4. The lowest BCUT2D eigenvalue weighted by atomic mass is 9.89. The van der Waals surface area contributed by atoms with Crippen LogP contribution in [0.25, 0.3) is 0 Å². The second-order valence-corrected chi connectivity index (χ2v) is 6.42. The minimum atomic E-state index is -5.10. The third kappa shape index (κ3) is 5.24. The van der Waals surface area contributed by atoms with Gasteiger partial charge in [-0.05, 0) is 35.9 Å². The summed E-state index contributed by atoms with van der Waals surface area (Å²) in [6.45, 7) is 0. The fraction of sp³-hybridized carbons (Fsp3) is 0.150. The molecule has 0 aliphatic heterocycles. The Hall–Kier alpha value is -3.76. The summed E-state index contributed by atoms with van der Waals surface area (Å²) in [5, 5.41) is 9.44. The molecular formula is C20H14F5N3O3. The number of pyridine rings is 2. The zero-order valence-electron chi connectivity index (χ0n) is 15.5.